The Bertz CT molecular complexity index is 373. The van der Waals surface area contributed by atoms with Crippen LogP contribution >= 0.6 is 15.9 Å². The van der Waals surface area contributed by atoms with Crippen molar-refractivity contribution in [2.45, 2.75) is 70.9 Å². The van der Waals surface area contributed by atoms with Gasteiger partial charge in [-0.2, -0.15) is 13.2 Å². The van der Waals surface area contributed by atoms with Gasteiger partial charge in [0.05, 0.1) is 18.3 Å². The van der Waals surface area contributed by atoms with Crippen molar-refractivity contribution in [1.29, 1.82) is 0 Å². The van der Waals surface area contributed by atoms with Crippen LogP contribution in [0.3, 0.4) is 0 Å². The Kier molecular flexibility index (Phi) is 7.67. The molecule has 0 spiro atoms. The minimum absolute atomic E-state index is 0.168. The molecule has 0 aromatic heterocycles. The van der Waals surface area contributed by atoms with Crippen LogP contribution in [0.4, 0.5) is 13.2 Å². The maximum atomic E-state index is 13.2. The van der Waals surface area contributed by atoms with Gasteiger partial charge < -0.3 is 9.53 Å². The molecule has 2 nitrogen and oxygen atoms in total. The average Bonchev–Trinajstić information content (AvgIpc) is 2.25. The molecule has 0 fully saturated rings. The number of hydrogen-bond donors (Lipinski definition) is 1. The van der Waals surface area contributed by atoms with E-state index in [4.69, 9.17) is 4.43 Å². The van der Waals surface area contributed by atoms with Gasteiger partial charge in [0, 0.05) is 4.48 Å². The summed E-state index contributed by atoms with van der Waals surface area (Å²) >= 11 is 2.91. The van der Waals surface area contributed by atoms with Crippen LogP contribution in [0.2, 0.25) is 18.1 Å². The molecule has 0 aromatic rings. The lowest BCUT2D eigenvalue weighted by Crippen LogP contribution is -2.42. The fourth-order valence-corrected chi connectivity index (χ4v) is 2.86. The second kappa shape index (κ2) is 7.61. The second-order valence-corrected chi connectivity index (χ2v) is 12.3. The van der Waals surface area contributed by atoms with Crippen LogP contribution in [0.25, 0.3) is 0 Å². The number of aliphatic hydroxyl groups excluding tert-OH is 1. The largest absolute Gasteiger partial charge is 0.415 e. The summed E-state index contributed by atoms with van der Waals surface area (Å²) in [6.07, 6.45) is -4.78. The third-order valence-corrected chi connectivity index (χ3v) is 9.35. The van der Waals surface area contributed by atoms with Crippen LogP contribution in [0, 0.1) is 0 Å². The predicted molar refractivity (Wildman–Crippen MR) is 86.1 cm³/mol. The molecule has 0 amide bonds. The Morgan fingerprint density at radius 3 is 2.05 bits per heavy atom. The van der Waals surface area contributed by atoms with Crippen LogP contribution in [0.1, 0.15) is 40.5 Å². The molecule has 0 aliphatic rings. The van der Waals surface area contributed by atoms with Crippen molar-refractivity contribution in [3.05, 3.63) is 10.1 Å². The Morgan fingerprint density at radius 2 is 1.71 bits per heavy atom. The standard InChI is InChI=1S/C14H26BrF3O2Si/c1-7-8-11(19)12(15)10(14(16,17)18)9-20-21(5,6)13(2,3)4/h11,19H,7-9H2,1-6H3/b12-10+. The Balaban J connectivity index is 5.28. The van der Waals surface area contributed by atoms with Gasteiger partial charge in [0.15, 0.2) is 8.32 Å². The van der Waals surface area contributed by atoms with Gasteiger partial charge in [-0.1, -0.05) is 50.0 Å². The van der Waals surface area contributed by atoms with Crippen LogP contribution in [-0.2, 0) is 4.43 Å². The molecular formula is C14H26BrF3O2Si. The molecule has 0 aliphatic carbocycles. The molecule has 1 unspecified atom stereocenters. The number of hydrogen-bond acceptors (Lipinski definition) is 2. The SMILES string of the molecule is CCCC(O)/C(Br)=C(/CO[Si](C)(C)C(C)(C)C)C(F)(F)F. The minimum Gasteiger partial charge on any atom is -0.413 e. The molecule has 0 bridgehead atoms. The van der Waals surface area contributed by atoms with Crippen molar-refractivity contribution in [3.63, 3.8) is 0 Å². The molecule has 0 saturated carbocycles. The summed E-state index contributed by atoms with van der Waals surface area (Å²) in [6.45, 7) is 11.0. The lowest BCUT2D eigenvalue weighted by Gasteiger charge is -2.36. The van der Waals surface area contributed by atoms with E-state index in [1.165, 1.54) is 0 Å². The average molecular weight is 391 g/mol. The van der Waals surface area contributed by atoms with Crippen molar-refractivity contribution in [3.8, 4) is 0 Å². The highest BCUT2D eigenvalue weighted by Crippen LogP contribution is 2.39. The first-order valence-electron chi connectivity index (χ1n) is 7.01. The molecule has 126 valence electrons. The molecule has 0 aliphatic heterocycles. The summed E-state index contributed by atoms with van der Waals surface area (Å²) in [7, 11) is -2.28. The molecule has 0 radical (unpaired) electrons. The minimum atomic E-state index is -4.52. The number of rotatable bonds is 6. The Labute approximate surface area is 135 Å². The van der Waals surface area contributed by atoms with Gasteiger partial charge in [0.1, 0.15) is 0 Å². The van der Waals surface area contributed by atoms with Gasteiger partial charge in [-0.05, 0) is 24.6 Å². The molecule has 0 saturated heterocycles. The van der Waals surface area contributed by atoms with E-state index in [1.807, 2.05) is 40.8 Å². The van der Waals surface area contributed by atoms with E-state index in [0.29, 0.717) is 6.42 Å². The van der Waals surface area contributed by atoms with E-state index in [2.05, 4.69) is 15.9 Å². The van der Waals surface area contributed by atoms with E-state index in [1.54, 1.807) is 0 Å². The smallest absolute Gasteiger partial charge is 0.413 e. The fourth-order valence-electron chi connectivity index (χ4n) is 1.36. The molecular weight excluding hydrogens is 365 g/mol. The first-order chi connectivity index (χ1) is 9.24. The van der Waals surface area contributed by atoms with Gasteiger partial charge in [0.2, 0.25) is 0 Å². The van der Waals surface area contributed by atoms with Gasteiger partial charge >= 0.3 is 6.18 Å². The maximum Gasteiger partial charge on any atom is 0.415 e. The van der Waals surface area contributed by atoms with Gasteiger partial charge in [-0.15, -0.1) is 0 Å². The van der Waals surface area contributed by atoms with Crippen LogP contribution in [0.15, 0.2) is 10.1 Å². The normalized spacial score (nSPS) is 16.7. The van der Waals surface area contributed by atoms with E-state index in [9.17, 15) is 18.3 Å². The Morgan fingerprint density at radius 1 is 1.24 bits per heavy atom. The summed E-state index contributed by atoms with van der Waals surface area (Å²) in [4.78, 5) is 0. The summed E-state index contributed by atoms with van der Waals surface area (Å²) in [5.74, 6) is 0. The van der Waals surface area contributed by atoms with E-state index >= 15 is 0 Å². The van der Waals surface area contributed by atoms with Gasteiger partial charge in [-0.25, -0.2) is 0 Å². The van der Waals surface area contributed by atoms with Crippen molar-refractivity contribution in [2.75, 3.05) is 6.61 Å². The highest BCUT2D eigenvalue weighted by atomic mass is 79.9. The molecule has 0 aromatic carbocycles. The van der Waals surface area contributed by atoms with E-state index in [-0.39, 0.29) is 15.9 Å². The van der Waals surface area contributed by atoms with Crippen molar-refractivity contribution >= 4 is 24.2 Å². The molecule has 7 heteroatoms. The summed E-state index contributed by atoms with van der Waals surface area (Å²) in [5, 5.41) is 9.62. The quantitative estimate of drug-likeness (QED) is 0.616. The topological polar surface area (TPSA) is 29.5 Å². The highest BCUT2D eigenvalue weighted by Gasteiger charge is 2.42. The number of alkyl halides is 3. The monoisotopic (exact) mass is 390 g/mol. The van der Waals surface area contributed by atoms with Crippen LogP contribution < -0.4 is 0 Å². The maximum absolute atomic E-state index is 13.2. The summed E-state index contributed by atoms with van der Waals surface area (Å²) in [5.41, 5.74) is -0.826. The van der Waals surface area contributed by atoms with Crippen LogP contribution in [0.5, 0.6) is 0 Å². The van der Waals surface area contributed by atoms with Gasteiger partial charge in [0.25, 0.3) is 0 Å². The molecule has 0 rings (SSSR count). The molecule has 1 N–H and O–H groups in total. The lowest BCUT2D eigenvalue weighted by molar-refractivity contribution is -0.0982. The lowest BCUT2D eigenvalue weighted by atomic mass is 10.1. The van der Waals surface area contributed by atoms with E-state index < -0.39 is 32.8 Å². The number of aliphatic hydroxyl groups is 1. The molecule has 0 heterocycles. The zero-order chi connectivity index (χ0) is 17.1. The van der Waals surface area contributed by atoms with Crippen LogP contribution in [-0.4, -0.2) is 32.3 Å². The zero-order valence-electron chi connectivity index (χ0n) is 13.6. The number of halogens is 4. The van der Waals surface area contributed by atoms with Crippen molar-refractivity contribution in [2.24, 2.45) is 0 Å². The third kappa shape index (κ3) is 6.42. The third-order valence-electron chi connectivity index (χ3n) is 3.87. The predicted octanol–water partition coefficient (Wildman–Crippen LogP) is 5.38. The highest BCUT2D eigenvalue weighted by molar-refractivity contribution is 9.11. The van der Waals surface area contributed by atoms with Crippen molar-refractivity contribution < 1.29 is 22.7 Å². The second-order valence-electron chi connectivity index (χ2n) is 6.68. The fraction of sp³-hybridized carbons (Fsp3) is 0.857. The zero-order valence-corrected chi connectivity index (χ0v) is 16.2. The first kappa shape index (κ1) is 21.1. The van der Waals surface area contributed by atoms with E-state index in [0.717, 1.165) is 0 Å². The first-order valence-corrected chi connectivity index (χ1v) is 10.7. The Hall–Kier alpha value is 0.147. The molecule has 21 heavy (non-hydrogen) atoms. The molecule has 1 atom stereocenters. The summed E-state index contributed by atoms with van der Waals surface area (Å²) < 4.78 is 45.0. The van der Waals surface area contributed by atoms with Gasteiger partial charge in [-0.3, -0.25) is 0 Å². The summed E-state index contributed by atoms with van der Waals surface area (Å²) in [6, 6.07) is 0. The van der Waals surface area contributed by atoms with Crippen molar-refractivity contribution in [1.82, 2.24) is 0 Å².